The van der Waals surface area contributed by atoms with E-state index in [-0.39, 0.29) is 5.95 Å². The van der Waals surface area contributed by atoms with Crippen LogP contribution < -0.4 is 10.1 Å². The van der Waals surface area contributed by atoms with Crippen LogP contribution in [0, 0.1) is 11.3 Å². The molecular formula is C17H15N5O4S. The average Bonchev–Trinajstić information content (AvgIpc) is 3.00. The lowest BCUT2D eigenvalue weighted by Crippen LogP contribution is -2.22. The number of hydrogen-bond acceptors (Lipinski definition) is 7. The molecule has 138 valence electrons. The zero-order valence-corrected chi connectivity index (χ0v) is 15.3. The number of nitriles is 1. The molecule has 0 atom stereocenters. The number of sulfone groups is 1. The second kappa shape index (κ2) is 7.05. The molecule has 1 N–H and O–H groups in total. The van der Waals surface area contributed by atoms with E-state index in [1.165, 1.54) is 11.6 Å². The van der Waals surface area contributed by atoms with E-state index < -0.39 is 21.5 Å². The van der Waals surface area contributed by atoms with E-state index >= 15 is 0 Å². The lowest BCUT2D eigenvalue weighted by Gasteiger charge is -2.10. The lowest BCUT2D eigenvalue weighted by atomic mass is 10.0. The van der Waals surface area contributed by atoms with Gasteiger partial charge in [-0.05, 0) is 24.3 Å². The number of anilines is 1. The maximum atomic E-state index is 11.7. The molecule has 3 rings (SSSR count). The van der Waals surface area contributed by atoms with Crippen molar-refractivity contribution >= 4 is 27.3 Å². The van der Waals surface area contributed by atoms with E-state index in [1.807, 2.05) is 0 Å². The number of aromatic nitrogens is 3. The highest BCUT2D eigenvalue weighted by atomic mass is 32.2. The third-order valence-corrected chi connectivity index (χ3v) is 4.42. The SMILES string of the molecule is COc1cccc(C#N)c1-c1ccc2nc(NC(=O)CS(C)(=O)=O)nn2c1. The first kappa shape index (κ1) is 18.3. The Hall–Kier alpha value is -3.45. The second-order valence-corrected chi connectivity index (χ2v) is 7.91. The average molecular weight is 385 g/mol. The van der Waals surface area contributed by atoms with Gasteiger partial charge in [0.1, 0.15) is 11.5 Å². The topological polar surface area (TPSA) is 126 Å². The molecule has 1 amide bonds. The molecule has 0 aliphatic heterocycles. The number of rotatable bonds is 5. The van der Waals surface area contributed by atoms with Crippen LogP contribution in [-0.2, 0) is 14.6 Å². The highest BCUT2D eigenvalue weighted by Gasteiger charge is 2.15. The van der Waals surface area contributed by atoms with Gasteiger partial charge in [-0.3, -0.25) is 10.1 Å². The number of methoxy groups -OCH3 is 1. The standard InChI is InChI=1S/C17H15N5O4S/c1-26-13-5-3-4-11(8-18)16(13)12-6-7-14-19-17(21-22(14)9-12)20-15(23)10-27(2,24)25/h3-7,9H,10H2,1-2H3,(H,20,21,23). The number of pyridine rings is 1. The van der Waals surface area contributed by atoms with E-state index in [0.29, 0.717) is 28.1 Å². The Morgan fingerprint density at radius 2 is 2.11 bits per heavy atom. The van der Waals surface area contributed by atoms with Crippen molar-refractivity contribution in [2.45, 2.75) is 0 Å². The molecule has 0 bridgehead atoms. The molecule has 0 saturated heterocycles. The van der Waals surface area contributed by atoms with Gasteiger partial charge in [0.15, 0.2) is 15.5 Å². The van der Waals surface area contributed by atoms with Gasteiger partial charge in [-0.25, -0.2) is 12.9 Å². The van der Waals surface area contributed by atoms with Crippen molar-refractivity contribution in [2.24, 2.45) is 0 Å². The van der Waals surface area contributed by atoms with Crippen LogP contribution in [0.2, 0.25) is 0 Å². The van der Waals surface area contributed by atoms with Gasteiger partial charge < -0.3 is 4.74 Å². The number of fused-ring (bicyclic) bond motifs is 1. The van der Waals surface area contributed by atoms with E-state index in [2.05, 4.69) is 21.5 Å². The minimum Gasteiger partial charge on any atom is -0.496 e. The van der Waals surface area contributed by atoms with Crippen LogP contribution in [0.4, 0.5) is 5.95 Å². The molecule has 0 fully saturated rings. The highest BCUT2D eigenvalue weighted by Crippen LogP contribution is 2.33. The van der Waals surface area contributed by atoms with Gasteiger partial charge in [-0.15, -0.1) is 5.10 Å². The molecule has 27 heavy (non-hydrogen) atoms. The summed E-state index contributed by atoms with van der Waals surface area (Å²) < 4.78 is 29.1. The Morgan fingerprint density at radius 1 is 1.33 bits per heavy atom. The van der Waals surface area contributed by atoms with E-state index in [0.717, 1.165) is 6.26 Å². The van der Waals surface area contributed by atoms with Gasteiger partial charge in [-0.2, -0.15) is 10.2 Å². The largest absolute Gasteiger partial charge is 0.496 e. The summed E-state index contributed by atoms with van der Waals surface area (Å²) in [6.45, 7) is 0. The molecule has 3 aromatic rings. The van der Waals surface area contributed by atoms with Crippen molar-refractivity contribution in [3.63, 3.8) is 0 Å². The van der Waals surface area contributed by atoms with Crippen LogP contribution in [-0.4, -0.2) is 48.0 Å². The Morgan fingerprint density at radius 3 is 2.78 bits per heavy atom. The zero-order chi connectivity index (χ0) is 19.6. The lowest BCUT2D eigenvalue weighted by molar-refractivity contribution is -0.113. The quantitative estimate of drug-likeness (QED) is 0.700. The molecule has 0 aliphatic carbocycles. The number of benzene rings is 1. The van der Waals surface area contributed by atoms with Crippen LogP contribution in [0.3, 0.4) is 0 Å². The third-order valence-electron chi connectivity index (χ3n) is 3.63. The van der Waals surface area contributed by atoms with E-state index in [9.17, 15) is 18.5 Å². The number of carbonyl (C=O) groups is 1. The number of amides is 1. The fourth-order valence-electron chi connectivity index (χ4n) is 2.58. The van der Waals surface area contributed by atoms with Gasteiger partial charge in [0.2, 0.25) is 11.9 Å². The summed E-state index contributed by atoms with van der Waals surface area (Å²) in [7, 11) is -1.93. The fourth-order valence-corrected chi connectivity index (χ4v) is 3.12. The molecule has 0 unspecified atom stereocenters. The summed E-state index contributed by atoms with van der Waals surface area (Å²) in [5.41, 5.74) is 2.18. The summed E-state index contributed by atoms with van der Waals surface area (Å²) in [6, 6.07) is 10.7. The van der Waals surface area contributed by atoms with Crippen LogP contribution in [0.25, 0.3) is 16.8 Å². The minimum atomic E-state index is -3.45. The summed E-state index contributed by atoms with van der Waals surface area (Å²) >= 11 is 0. The Balaban J connectivity index is 1.98. The van der Waals surface area contributed by atoms with Crippen molar-refractivity contribution < 1.29 is 17.9 Å². The van der Waals surface area contributed by atoms with Crippen LogP contribution in [0.5, 0.6) is 5.75 Å². The number of nitrogens with one attached hydrogen (secondary N) is 1. The Labute approximate surface area is 155 Å². The zero-order valence-electron chi connectivity index (χ0n) is 14.5. The number of ether oxygens (including phenoxy) is 1. The van der Waals surface area contributed by atoms with Crippen molar-refractivity contribution in [3.8, 4) is 22.9 Å². The molecule has 0 aliphatic rings. The molecule has 1 aromatic carbocycles. The minimum absolute atomic E-state index is 0.0127. The smallest absolute Gasteiger partial charge is 0.249 e. The molecule has 0 spiro atoms. The summed E-state index contributed by atoms with van der Waals surface area (Å²) in [6.07, 6.45) is 2.61. The van der Waals surface area contributed by atoms with Crippen molar-refractivity contribution in [1.82, 2.24) is 14.6 Å². The predicted molar refractivity (Wildman–Crippen MR) is 98.0 cm³/mol. The predicted octanol–water partition coefficient (Wildman–Crippen LogP) is 1.26. The van der Waals surface area contributed by atoms with Crippen LogP contribution >= 0.6 is 0 Å². The fraction of sp³-hybridized carbons (Fsp3) is 0.176. The molecule has 9 nitrogen and oxygen atoms in total. The molecule has 10 heteroatoms. The van der Waals surface area contributed by atoms with Crippen molar-refractivity contribution in [2.75, 3.05) is 24.4 Å². The van der Waals surface area contributed by atoms with Gasteiger partial charge in [-0.1, -0.05) is 6.07 Å². The molecule has 2 heterocycles. The maximum absolute atomic E-state index is 11.7. The highest BCUT2D eigenvalue weighted by molar-refractivity contribution is 7.91. The number of nitrogens with zero attached hydrogens (tertiary/aromatic N) is 4. The molecule has 0 radical (unpaired) electrons. The van der Waals surface area contributed by atoms with Crippen LogP contribution in [0.15, 0.2) is 36.5 Å². The van der Waals surface area contributed by atoms with Crippen LogP contribution in [0.1, 0.15) is 5.56 Å². The van der Waals surface area contributed by atoms with Gasteiger partial charge in [0.05, 0.1) is 18.7 Å². The van der Waals surface area contributed by atoms with Gasteiger partial charge in [0, 0.05) is 23.6 Å². The summed E-state index contributed by atoms with van der Waals surface area (Å²) in [4.78, 5) is 15.9. The van der Waals surface area contributed by atoms with Gasteiger partial charge in [0.25, 0.3) is 0 Å². The number of carbonyl (C=O) groups excluding carboxylic acids is 1. The van der Waals surface area contributed by atoms with Crippen molar-refractivity contribution in [3.05, 3.63) is 42.1 Å². The first-order chi connectivity index (χ1) is 12.8. The first-order valence-corrected chi connectivity index (χ1v) is 9.78. The normalized spacial score (nSPS) is 11.1. The third kappa shape index (κ3) is 4.04. The Bertz CT molecular complexity index is 1180. The van der Waals surface area contributed by atoms with E-state index in [1.54, 1.807) is 36.5 Å². The molecule has 2 aromatic heterocycles. The van der Waals surface area contributed by atoms with Crippen molar-refractivity contribution in [1.29, 1.82) is 5.26 Å². The van der Waals surface area contributed by atoms with E-state index in [4.69, 9.17) is 4.74 Å². The Kier molecular flexibility index (Phi) is 4.79. The monoisotopic (exact) mass is 385 g/mol. The number of hydrogen-bond donors (Lipinski definition) is 1. The molecule has 0 saturated carbocycles. The van der Waals surface area contributed by atoms with Gasteiger partial charge >= 0.3 is 0 Å². The summed E-state index contributed by atoms with van der Waals surface area (Å²) in [5.74, 6) is -0.845. The summed E-state index contributed by atoms with van der Waals surface area (Å²) in [5, 5.41) is 15.9. The first-order valence-electron chi connectivity index (χ1n) is 7.72. The maximum Gasteiger partial charge on any atom is 0.249 e. The second-order valence-electron chi connectivity index (χ2n) is 5.77. The molecular weight excluding hydrogens is 370 g/mol.